The van der Waals surface area contributed by atoms with Gasteiger partial charge in [-0.2, -0.15) is 0 Å². The highest BCUT2D eigenvalue weighted by Crippen LogP contribution is 2.09. The molecule has 0 spiro atoms. The van der Waals surface area contributed by atoms with Crippen molar-refractivity contribution in [2.24, 2.45) is 0 Å². The van der Waals surface area contributed by atoms with Crippen molar-refractivity contribution >= 4 is 23.4 Å². The Balaban J connectivity index is 1.72. The molecular formula is C14H13ClN2O3. The Kier molecular flexibility index (Phi) is 4.79. The zero-order valence-corrected chi connectivity index (χ0v) is 11.3. The van der Waals surface area contributed by atoms with Crippen molar-refractivity contribution in [1.29, 1.82) is 0 Å². The predicted octanol–water partition coefficient (Wildman–Crippen LogP) is 2.09. The first-order valence-electron chi connectivity index (χ1n) is 6.01. The van der Waals surface area contributed by atoms with Gasteiger partial charge in [-0.25, -0.2) is 0 Å². The number of hydrogen-bond acceptors (Lipinski definition) is 3. The van der Waals surface area contributed by atoms with Crippen LogP contribution in [0.3, 0.4) is 0 Å². The van der Waals surface area contributed by atoms with Crippen molar-refractivity contribution in [3.63, 3.8) is 0 Å². The molecular weight excluding hydrogens is 280 g/mol. The third-order valence-electron chi connectivity index (χ3n) is 2.59. The summed E-state index contributed by atoms with van der Waals surface area (Å²) in [5, 5.41) is 5.94. The molecule has 1 heterocycles. The van der Waals surface area contributed by atoms with Crippen LogP contribution in [0.2, 0.25) is 5.02 Å². The quantitative estimate of drug-likeness (QED) is 0.829. The molecule has 6 heteroatoms. The Morgan fingerprint density at radius 2 is 1.55 bits per heavy atom. The van der Waals surface area contributed by atoms with E-state index >= 15 is 0 Å². The maximum absolute atomic E-state index is 11.7. The highest BCUT2D eigenvalue weighted by molar-refractivity contribution is 6.30. The molecule has 0 aliphatic carbocycles. The number of halogens is 1. The summed E-state index contributed by atoms with van der Waals surface area (Å²) >= 11 is 5.74. The van der Waals surface area contributed by atoms with Gasteiger partial charge in [-0.1, -0.05) is 11.6 Å². The number of hydrogen-bond donors (Lipinski definition) is 2. The van der Waals surface area contributed by atoms with Gasteiger partial charge in [0.1, 0.15) is 6.26 Å². The van der Waals surface area contributed by atoms with E-state index in [4.69, 9.17) is 16.0 Å². The second-order valence-corrected chi connectivity index (χ2v) is 4.47. The van der Waals surface area contributed by atoms with Crippen LogP contribution in [-0.4, -0.2) is 24.9 Å². The first-order valence-corrected chi connectivity index (χ1v) is 6.39. The van der Waals surface area contributed by atoms with Crippen LogP contribution >= 0.6 is 11.6 Å². The van der Waals surface area contributed by atoms with Gasteiger partial charge in [-0.15, -0.1) is 0 Å². The molecule has 1 aromatic carbocycles. The minimum absolute atomic E-state index is 0.209. The van der Waals surface area contributed by atoms with Crippen LogP contribution in [0.25, 0.3) is 0 Å². The molecule has 2 N–H and O–H groups in total. The van der Waals surface area contributed by atoms with Gasteiger partial charge in [0, 0.05) is 23.7 Å². The van der Waals surface area contributed by atoms with Crippen molar-refractivity contribution in [2.45, 2.75) is 0 Å². The minimum atomic E-state index is -0.237. The lowest BCUT2D eigenvalue weighted by molar-refractivity contribution is 0.0927. The van der Waals surface area contributed by atoms with E-state index in [1.165, 1.54) is 12.5 Å². The van der Waals surface area contributed by atoms with Crippen LogP contribution in [0.15, 0.2) is 47.3 Å². The molecule has 1 aromatic heterocycles. The van der Waals surface area contributed by atoms with Crippen molar-refractivity contribution in [3.05, 3.63) is 59.0 Å². The molecule has 104 valence electrons. The van der Waals surface area contributed by atoms with Crippen LogP contribution in [-0.2, 0) is 0 Å². The molecule has 2 rings (SSSR count). The Morgan fingerprint density at radius 1 is 0.950 bits per heavy atom. The standard InChI is InChI=1S/C14H13ClN2O3/c15-12-3-1-10(2-4-12)13(18)16-6-7-17-14(19)11-5-8-20-9-11/h1-5,8-9H,6-7H2,(H,16,18)(H,17,19). The Labute approximate surface area is 120 Å². The fourth-order valence-corrected chi connectivity index (χ4v) is 1.68. The number of benzene rings is 1. The van der Waals surface area contributed by atoms with E-state index < -0.39 is 0 Å². The lowest BCUT2D eigenvalue weighted by Gasteiger charge is -2.06. The van der Waals surface area contributed by atoms with Crippen molar-refractivity contribution in [3.8, 4) is 0 Å². The number of furan rings is 1. The molecule has 0 saturated carbocycles. The Hall–Kier alpha value is -2.27. The summed E-state index contributed by atoms with van der Waals surface area (Å²) in [6.07, 6.45) is 2.79. The van der Waals surface area contributed by atoms with E-state index in [2.05, 4.69) is 10.6 Å². The topological polar surface area (TPSA) is 71.3 Å². The molecule has 5 nitrogen and oxygen atoms in total. The van der Waals surface area contributed by atoms with Gasteiger partial charge in [0.05, 0.1) is 11.8 Å². The lowest BCUT2D eigenvalue weighted by Crippen LogP contribution is -2.34. The zero-order chi connectivity index (χ0) is 14.4. The molecule has 20 heavy (non-hydrogen) atoms. The first-order chi connectivity index (χ1) is 9.66. The van der Waals surface area contributed by atoms with Crippen LogP contribution in [0.4, 0.5) is 0 Å². The summed E-state index contributed by atoms with van der Waals surface area (Å²) in [5.74, 6) is -0.446. The molecule has 0 unspecified atom stereocenters. The molecule has 0 aliphatic rings. The van der Waals surface area contributed by atoms with E-state index in [9.17, 15) is 9.59 Å². The molecule has 0 fully saturated rings. The van der Waals surface area contributed by atoms with Gasteiger partial charge in [0.25, 0.3) is 11.8 Å². The summed E-state index contributed by atoms with van der Waals surface area (Å²) in [6, 6.07) is 8.15. The Bertz CT molecular complexity index is 579. The van der Waals surface area contributed by atoms with Gasteiger partial charge in [0.15, 0.2) is 0 Å². The van der Waals surface area contributed by atoms with Crippen LogP contribution in [0.1, 0.15) is 20.7 Å². The fourth-order valence-electron chi connectivity index (χ4n) is 1.55. The molecule has 0 saturated heterocycles. The molecule has 2 amide bonds. The van der Waals surface area contributed by atoms with Crippen LogP contribution < -0.4 is 10.6 Å². The molecule has 0 radical (unpaired) electrons. The number of amides is 2. The Morgan fingerprint density at radius 3 is 2.10 bits per heavy atom. The van der Waals surface area contributed by atoms with E-state index in [-0.39, 0.29) is 11.8 Å². The monoisotopic (exact) mass is 292 g/mol. The van der Waals surface area contributed by atoms with Crippen LogP contribution in [0.5, 0.6) is 0 Å². The zero-order valence-electron chi connectivity index (χ0n) is 10.6. The average molecular weight is 293 g/mol. The first kappa shape index (κ1) is 14.1. The minimum Gasteiger partial charge on any atom is -0.472 e. The normalized spacial score (nSPS) is 10.1. The summed E-state index contributed by atoms with van der Waals surface area (Å²) in [4.78, 5) is 23.3. The van der Waals surface area contributed by atoms with E-state index in [0.717, 1.165) is 0 Å². The average Bonchev–Trinajstić information content (AvgIpc) is 2.98. The smallest absolute Gasteiger partial charge is 0.254 e. The maximum Gasteiger partial charge on any atom is 0.254 e. The largest absolute Gasteiger partial charge is 0.472 e. The third kappa shape index (κ3) is 3.86. The molecule has 0 atom stereocenters. The van der Waals surface area contributed by atoms with Gasteiger partial charge in [-0.3, -0.25) is 9.59 Å². The second-order valence-electron chi connectivity index (χ2n) is 4.03. The maximum atomic E-state index is 11.7. The summed E-state index contributed by atoms with van der Waals surface area (Å²) in [5.41, 5.74) is 0.976. The molecule has 0 aliphatic heterocycles. The SMILES string of the molecule is O=C(NCCNC(=O)c1ccoc1)c1ccc(Cl)cc1. The number of rotatable bonds is 5. The van der Waals surface area contributed by atoms with Crippen molar-refractivity contribution in [1.82, 2.24) is 10.6 Å². The number of carbonyl (C=O) groups is 2. The lowest BCUT2D eigenvalue weighted by atomic mass is 10.2. The summed E-state index contributed by atoms with van der Waals surface area (Å²) < 4.78 is 4.81. The number of nitrogens with one attached hydrogen (secondary N) is 2. The number of carbonyl (C=O) groups excluding carboxylic acids is 2. The highest BCUT2D eigenvalue weighted by atomic mass is 35.5. The van der Waals surface area contributed by atoms with Crippen molar-refractivity contribution in [2.75, 3.05) is 13.1 Å². The van der Waals surface area contributed by atoms with E-state index in [1.54, 1.807) is 30.3 Å². The second kappa shape index (κ2) is 6.77. The van der Waals surface area contributed by atoms with Crippen molar-refractivity contribution < 1.29 is 14.0 Å². The van der Waals surface area contributed by atoms with Gasteiger partial charge < -0.3 is 15.1 Å². The van der Waals surface area contributed by atoms with E-state index in [0.29, 0.717) is 29.2 Å². The summed E-state index contributed by atoms with van der Waals surface area (Å²) in [7, 11) is 0. The fraction of sp³-hybridized carbons (Fsp3) is 0.143. The predicted molar refractivity (Wildman–Crippen MR) is 74.8 cm³/mol. The molecule has 2 aromatic rings. The highest BCUT2D eigenvalue weighted by Gasteiger charge is 2.07. The third-order valence-corrected chi connectivity index (χ3v) is 2.84. The summed E-state index contributed by atoms with van der Waals surface area (Å²) in [6.45, 7) is 0.675. The van der Waals surface area contributed by atoms with Crippen LogP contribution in [0, 0.1) is 0 Å². The van der Waals surface area contributed by atoms with Gasteiger partial charge in [-0.05, 0) is 30.3 Å². The van der Waals surface area contributed by atoms with E-state index in [1.807, 2.05) is 0 Å². The molecule has 0 bridgehead atoms. The van der Waals surface area contributed by atoms with Gasteiger partial charge in [0.2, 0.25) is 0 Å². The van der Waals surface area contributed by atoms with Gasteiger partial charge >= 0.3 is 0 Å².